The second-order valence-corrected chi connectivity index (χ2v) is 8.32. The van der Waals surface area contributed by atoms with Crippen molar-refractivity contribution in [1.29, 1.82) is 0 Å². The van der Waals surface area contributed by atoms with Crippen molar-refractivity contribution in [2.75, 3.05) is 13.2 Å². The molecule has 0 aliphatic carbocycles. The van der Waals surface area contributed by atoms with Crippen LogP contribution in [0.4, 0.5) is 4.39 Å². The van der Waals surface area contributed by atoms with Crippen molar-refractivity contribution in [3.8, 4) is 0 Å². The lowest BCUT2D eigenvalue weighted by molar-refractivity contribution is 0.0508. The summed E-state index contributed by atoms with van der Waals surface area (Å²) >= 11 is 3.61. The van der Waals surface area contributed by atoms with Crippen molar-refractivity contribution in [3.63, 3.8) is 0 Å². The Balaban J connectivity index is 1.71. The third-order valence-corrected chi connectivity index (χ3v) is 5.99. The molecular weight excluding hydrogens is 435 g/mol. The van der Waals surface area contributed by atoms with Gasteiger partial charge in [0.25, 0.3) is 5.91 Å². The predicted octanol–water partition coefficient (Wildman–Crippen LogP) is 5.27. The number of benzene rings is 2. The molecule has 1 saturated heterocycles. The number of nitrogens with zero attached hydrogens (tertiary/aromatic N) is 2. The van der Waals surface area contributed by atoms with Crippen LogP contribution in [-0.2, 0) is 11.3 Å². The summed E-state index contributed by atoms with van der Waals surface area (Å²) in [5.41, 5.74) is 2.49. The Hall–Kier alpha value is -2.31. The number of amides is 1. The number of hydrogen-bond acceptors (Lipinski definition) is 3. The second kappa shape index (κ2) is 8.59. The highest BCUT2D eigenvalue weighted by atomic mass is 79.9. The van der Waals surface area contributed by atoms with E-state index in [-0.39, 0.29) is 12.0 Å². The zero-order chi connectivity index (χ0) is 20.4. The molecule has 0 bridgehead atoms. The summed E-state index contributed by atoms with van der Waals surface area (Å²) in [6.45, 7) is 3.64. The van der Waals surface area contributed by atoms with Gasteiger partial charge in [-0.15, -0.1) is 0 Å². The molecule has 6 heteroatoms. The van der Waals surface area contributed by atoms with Crippen molar-refractivity contribution >= 4 is 32.6 Å². The third kappa shape index (κ3) is 4.49. The number of ether oxygens (including phenoxy) is 1. The molecule has 0 saturated carbocycles. The molecule has 2 heterocycles. The lowest BCUT2D eigenvalue weighted by Gasteiger charge is -2.27. The number of carbonyl (C=O) groups is 1. The van der Waals surface area contributed by atoms with E-state index in [1.165, 1.54) is 12.1 Å². The van der Waals surface area contributed by atoms with E-state index in [0.717, 1.165) is 35.0 Å². The van der Waals surface area contributed by atoms with Crippen LogP contribution in [0.1, 0.15) is 34.3 Å². The second-order valence-electron chi connectivity index (χ2n) is 7.47. The standard InChI is InChI=1S/C23H22BrFN2O2/c1-15-4-5-16(22(24)9-15)13-27(14-19-3-2-8-29-19)23(28)21-11-18(25)10-17-12-26-7-6-20(17)21/h4-7,9-12,19H,2-3,8,13-14H2,1H3. The maximum absolute atomic E-state index is 14.2. The highest BCUT2D eigenvalue weighted by molar-refractivity contribution is 9.10. The van der Waals surface area contributed by atoms with Gasteiger partial charge in [-0.05, 0) is 60.5 Å². The number of aryl methyl sites for hydroxylation is 1. The molecule has 4 rings (SSSR count). The topological polar surface area (TPSA) is 42.4 Å². The molecule has 1 fully saturated rings. The molecule has 4 nitrogen and oxygen atoms in total. The quantitative estimate of drug-likeness (QED) is 0.525. The van der Waals surface area contributed by atoms with Gasteiger partial charge in [0.15, 0.2) is 0 Å². The highest BCUT2D eigenvalue weighted by Gasteiger charge is 2.25. The van der Waals surface area contributed by atoms with Gasteiger partial charge in [-0.25, -0.2) is 4.39 Å². The molecule has 3 aromatic rings. The fraction of sp³-hybridized carbons (Fsp3) is 0.304. The summed E-state index contributed by atoms with van der Waals surface area (Å²) in [5.74, 6) is -0.647. The van der Waals surface area contributed by atoms with E-state index in [9.17, 15) is 9.18 Å². The van der Waals surface area contributed by atoms with Crippen LogP contribution in [-0.4, -0.2) is 35.0 Å². The maximum atomic E-state index is 14.2. The SMILES string of the molecule is Cc1ccc(CN(CC2CCCO2)C(=O)c2cc(F)cc3cnccc23)c(Br)c1. The monoisotopic (exact) mass is 456 g/mol. The zero-order valence-corrected chi connectivity index (χ0v) is 17.8. The van der Waals surface area contributed by atoms with Gasteiger partial charge in [0, 0.05) is 41.9 Å². The normalized spacial score (nSPS) is 16.3. The minimum absolute atomic E-state index is 0.00432. The molecule has 29 heavy (non-hydrogen) atoms. The van der Waals surface area contributed by atoms with Crippen LogP contribution < -0.4 is 0 Å². The fourth-order valence-corrected chi connectivity index (χ4v) is 4.38. The van der Waals surface area contributed by atoms with Gasteiger partial charge in [-0.2, -0.15) is 0 Å². The van der Waals surface area contributed by atoms with Gasteiger partial charge in [-0.1, -0.05) is 28.1 Å². The van der Waals surface area contributed by atoms with E-state index in [4.69, 9.17) is 4.74 Å². The van der Waals surface area contributed by atoms with Crippen LogP contribution in [0.3, 0.4) is 0 Å². The van der Waals surface area contributed by atoms with E-state index in [1.54, 1.807) is 23.4 Å². The van der Waals surface area contributed by atoms with E-state index < -0.39 is 5.82 Å². The van der Waals surface area contributed by atoms with Crippen LogP contribution in [0.2, 0.25) is 0 Å². The molecule has 0 N–H and O–H groups in total. The summed E-state index contributed by atoms with van der Waals surface area (Å²) in [6, 6.07) is 10.6. The van der Waals surface area contributed by atoms with Gasteiger partial charge in [0.2, 0.25) is 0 Å². The first-order valence-corrected chi connectivity index (χ1v) is 10.5. The summed E-state index contributed by atoms with van der Waals surface area (Å²) < 4.78 is 21.0. The lowest BCUT2D eigenvalue weighted by atomic mass is 10.0. The largest absolute Gasteiger partial charge is 0.376 e. The molecule has 1 aliphatic heterocycles. The number of aromatic nitrogens is 1. The Morgan fingerprint density at radius 2 is 2.17 bits per heavy atom. The van der Waals surface area contributed by atoms with Gasteiger partial charge in [-0.3, -0.25) is 9.78 Å². The first kappa shape index (κ1) is 20.0. The number of carbonyl (C=O) groups excluding carboxylic acids is 1. The molecule has 1 aromatic heterocycles. The minimum Gasteiger partial charge on any atom is -0.376 e. The number of fused-ring (bicyclic) bond motifs is 1. The fourth-order valence-electron chi connectivity index (χ4n) is 3.76. The first-order chi connectivity index (χ1) is 14.0. The molecule has 2 aromatic carbocycles. The summed E-state index contributed by atoms with van der Waals surface area (Å²) in [4.78, 5) is 19.4. The average molecular weight is 457 g/mol. The van der Waals surface area contributed by atoms with Gasteiger partial charge >= 0.3 is 0 Å². The average Bonchev–Trinajstić information content (AvgIpc) is 3.21. The van der Waals surface area contributed by atoms with Crippen LogP contribution in [0.5, 0.6) is 0 Å². The lowest BCUT2D eigenvalue weighted by Crippen LogP contribution is -2.37. The molecule has 150 valence electrons. The van der Waals surface area contributed by atoms with Crippen LogP contribution >= 0.6 is 15.9 Å². The molecule has 1 atom stereocenters. The van der Waals surface area contributed by atoms with E-state index >= 15 is 0 Å². The zero-order valence-electron chi connectivity index (χ0n) is 16.2. The Bertz CT molecular complexity index is 1050. The van der Waals surface area contributed by atoms with Gasteiger partial charge in [0.05, 0.1) is 11.7 Å². The number of rotatable bonds is 5. The van der Waals surface area contributed by atoms with E-state index in [0.29, 0.717) is 29.4 Å². The van der Waals surface area contributed by atoms with Crippen molar-refractivity contribution in [3.05, 3.63) is 75.8 Å². The van der Waals surface area contributed by atoms with E-state index in [2.05, 4.69) is 20.9 Å². The number of halogens is 2. The summed E-state index contributed by atoms with van der Waals surface area (Å²) in [7, 11) is 0. The van der Waals surface area contributed by atoms with Crippen molar-refractivity contribution in [2.45, 2.75) is 32.4 Å². The smallest absolute Gasteiger partial charge is 0.254 e. The van der Waals surface area contributed by atoms with Crippen LogP contribution in [0, 0.1) is 12.7 Å². The molecule has 1 amide bonds. The van der Waals surface area contributed by atoms with Gasteiger partial charge in [0.1, 0.15) is 5.82 Å². The predicted molar refractivity (Wildman–Crippen MR) is 114 cm³/mol. The molecular formula is C23H22BrFN2O2. The minimum atomic E-state index is -0.442. The molecule has 0 radical (unpaired) electrons. The van der Waals surface area contributed by atoms with Crippen molar-refractivity contribution < 1.29 is 13.9 Å². The van der Waals surface area contributed by atoms with Crippen molar-refractivity contribution in [2.24, 2.45) is 0 Å². The molecule has 1 unspecified atom stereocenters. The Kier molecular flexibility index (Phi) is 5.92. The van der Waals surface area contributed by atoms with Crippen molar-refractivity contribution in [1.82, 2.24) is 9.88 Å². The van der Waals surface area contributed by atoms with Gasteiger partial charge < -0.3 is 9.64 Å². The number of hydrogen-bond donors (Lipinski definition) is 0. The highest BCUT2D eigenvalue weighted by Crippen LogP contribution is 2.26. The maximum Gasteiger partial charge on any atom is 0.254 e. The summed E-state index contributed by atoms with van der Waals surface area (Å²) in [5, 5.41) is 1.32. The number of pyridine rings is 1. The summed E-state index contributed by atoms with van der Waals surface area (Å²) in [6.07, 6.45) is 5.13. The van der Waals surface area contributed by atoms with Crippen LogP contribution in [0.25, 0.3) is 10.8 Å². The van der Waals surface area contributed by atoms with E-state index in [1.807, 2.05) is 25.1 Å². The van der Waals surface area contributed by atoms with Crippen LogP contribution in [0.15, 0.2) is 53.3 Å². The molecule has 0 spiro atoms. The Morgan fingerprint density at radius 3 is 2.93 bits per heavy atom. The Morgan fingerprint density at radius 1 is 1.31 bits per heavy atom. The first-order valence-electron chi connectivity index (χ1n) is 9.70. The molecule has 1 aliphatic rings. The Labute approximate surface area is 177 Å². The third-order valence-electron chi connectivity index (χ3n) is 5.25.